The van der Waals surface area contributed by atoms with Crippen LogP contribution in [0.25, 0.3) is 10.2 Å². The third-order valence-electron chi connectivity index (χ3n) is 2.32. The predicted octanol–water partition coefficient (Wildman–Crippen LogP) is 0.496. The third kappa shape index (κ3) is 3.52. The molecule has 102 valence electrons. The first-order valence-electron chi connectivity index (χ1n) is 5.70. The summed E-state index contributed by atoms with van der Waals surface area (Å²) in [5.74, 6) is 0.423. The van der Waals surface area contributed by atoms with Crippen LogP contribution >= 0.6 is 11.3 Å². The van der Waals surface area contributed by atoms with Crippen LogP contribution in [0.4, 0.5) is 11.8 Å². The number of ether oxygens (including phenoxy) is 1. The first kappa shape index (κ1) is 13.5. The monoisotopic (exact) mass is 281 g/mol. The van der Waals surface area contributed by atoms with Gasteiger partial charge in [0.25, 0.3) is 0 Å². The van der Waals surface area contributed by atoms with Crippen molar-refractivity contribution in [2.75, 3.05) is 30.8 Å². The number of aryl methyl sites for hydroxylation is 1. The lowest BCUT2D eigenvalue weighted by Crippen LogP contribution is -2.20. The average Bonchev–Trinajstić information content (AvgIpc) is 2.68. The molecule has 0 aliphatic carbocycles. The van der Waals surface area contributed by atoms with E-state index in [1.54, 1.807) is 11.3 Å². The molecule has 0 fully saturated rings. The lowest BCUT2D eigenvalue weighted by molar-refractivity contribution is -0.122. The average molecular weight is 281 g/mol. The topological polar surface area (TPSA) is 116 Å². The Hall–Kier alpha value is -1.93. The number of fused-ring (bicyclic) bond motifs is 1. The second-order valence-electron chi connectivity index (χ2n) is 3.95. The van der Waals surface area contributed by atoms with Crippen LogP contribution < -0.4 is 16.8 Å². The Bertz CT molecular complexity index is 598. The van der Waals surface area contributed by atoms with Gasteiger partial charge in [0.15, 0.2) is 0 Å². The van der Waals surface area contributed by atoms with Crippen molar-refractivity contribution in [2.24, 2.45) is 5.73 Å². The summed E-state index contributed by atoms with van der Waals surface area (Å²) >= 11 is 1.56. The van der Waals surface area contributed by atoms with Crippen LogP contribution in [0.1, 0.15) is 4.88 Å². The molecule has 0 saturated heterocycles. The van der Waals surface area contributed by atoms with Crippen molar-refractivity contribution in [1.82, 2.24) is 9.97 Å². The number of carbonyl (C=O) groups is 1. The maximum atomic E-state index is 10.5. The normalized spacial score (nSPS) is 10.8. The van der Waals surface area contributed by atoms with E-state index >= 15 is 0 Å². The van der Waals surface area contributed by atoms with Crippen molar-refractivity contribution in [2.45, 2.75) is 6.92 Å². The zero-order valence-electron chi connectivity index (χ0n) is 10.5. The molecule has 2 aromatic rings. The number of anilines is 2. The van der Waals surface area contributed by atoms with Crippen molar-refractivity contribution >= 4 is 39.2 Å². The summed E-state index contributed by atoms with van der Waals surface area (Å²) in [5, 5.41) is 4.05. The van der Waals surface area contributed by atoms with E-state index in [0.29, 0.717) is 19.0 Å². The number of hydrogen-bond acceptors (Lipinski definition) is 7. The fraction of sp³-hybridized carbons (Fsp3) is 0.364. The first-order valence-corrected chi connectivity index (χ1v) is 6.51. The van der Waals surface area contributed by atoms with E-state index in [1.165, 1.54) is 0 Å². The van der Waals surface area contributed by atoms with E-state index in [0.717, 1.165) is 15.1 Å². The molecule has 0 aliphatic rings. The van der Waals surface area contributed by atoms with Gasteiger partial charge in [-0.15, -0.1) is 11.3 Å². The van der Waals surface area contributed by atoms with Gasteiger partial charge in [0.05, 0.1) is 12.0 Å². The second-order valence-corrected chi connectivity index (χ2v) is 5.19. The van der Waals surface area contributed by atoms with E-state index in [-0.39, 0.29) is 12.6 Å². The molecule has 0 bridgehead atoms. The van der Waals surface area contributed by atoms with Gasteiger partial charge in [0.1, 0.15) is 17.3 Å². The highest BCUT2D eigenvalue weighted by atomic mass is 32.1. The summed E-state index contributed by atoms with van der Waals surface area (Å²) in [4.78, 5) is 20.8. The summed E-state index contributed by atoms with van der Waals surface area (Å²) in [5.41, 5.74) is 10.6. The lowest BCUT2D eigenvalue weighted by Gasteiger charge is -2.07. The van der Waals surface area contributed by atoms with Crippen molar-refractivity contribution in [3.8, 4) is 0 Å². The molecule has 2 aromatic heterocycles. The number of nitrogens with zero attached hydrogens (tertiary/aromatic N) is 2. The SMILES string of the molecule is Cc1cc2c(NCCOCC(N)=O)nc(N)nc2s1. The van der Waals surface area contributed by atoms with Gasteiger partial charge in [-0.1, -0.05) is 0 Å². The van der Waals surface area contributed by atoms with Gasteiger partial charge in [0.2, 0.25) is 11.9 Å². The number of hydrogen-bond donors (Lipinski definition) is 3. The Morgan fingerprint density at radius 3 is 3.05 bits per heavy atom. The van der Waals surface area contributed by atoms with Crippen LogP contribution in [0.15, 0.2) is 6.07 Å². The molecule has 5 N–H and O–H groups in total. The van der Waals surface area contributed by atoms with Crippen LogP contribution in [0.3, 0.4) is 0 Å². The highest BCUT2D eigenvalue weighted by molar-refractivity contribution is 7.18. The maximum absolute atomic E-state index is 10.5. The number of primary amides is 1. The molecule has 8 heteroatoms. The molecule has 0 saturated carbocycles. The molecule has 2 heterocycles. The Morgan fingerprint density at radius 1 is 1.53 bits per heavy atom. The molecule has 0 unspecified atom stereocenters. The van der Waals surface area contributed by atoms with Gasteiger partial charge in [-0.3, -0.25) is 4.79 Å². The summed E-state index contributed by atoms with van der Waals surface area (Å²) in [6.07, 6.45) is 0. The number of nitrogens with one attached hydrogen (secondary N) is 1. The molecule has 0 spiro atoms. The number of nitrogen functional groups attached to an aromatic ring is 1. The molecule has 0 aromatic carbocycles. The van der Waals surface area contributed by atoms with E-state index in [1.807, 2.05) is 13.0 Å². The highest BCUT2D eigenvalue weighted by Gasteiger charge is 2.08. The van der Waals surface area contributed by atoms with Crippen LogP contribution in [0, 0.1) is 6.92 Å². The van der Waals surface area contributed by atoms with E-state index in [2.05, 4.69) is 15.3 Å². The van der Waals surface area contributed by atoms with Crippen LogP contribution in [-0.2, 0) is 9.53 Å². The summed E-state index contributed by atoms with van der Waals surface area (Å²) in [6, 6.07) is 2.01. The lowest BCUT2D eigenvalue weighted by atomic mass is 10.3. The predicted molar refractivity (Wildman–Crippen MR) is 75.1 cm³/mol. The number of nitrogens with two attached hydrogens (primary N) is 2. The molecular weight excluding hydrogens is 266 g/mol. The fourth-order valence-corrected chi connectivity index (χ4v) is 2.49. The Balaban J connectivity index is 2.01. The molecule has 0 atom stereocenters. The van der Waals surface area contributed by atoms with Crippen LogP contribution in [0.2, 0.25) is 0 Å². The number of amides is 1. The van der Waals surface area contributed by atoms with Crippen molar-refractivity contribution in [3.63, 3.8) is 0 Å². The zero-order chi connectivity index (χ0) is 13.8. The maximum Gasteiger partial charge on any atom is 0.243 e. The van der Waals surface area contributed by atoms with Gasteiger partial charge in [0, 0.05) is 11.4 Å². The number of thiophene rings is 1. The molecule has 19 heavy (non-hydrogen) atoms. The van der Waals surface area contributed by atoms with Gasteiger partial charge < -0.3 is 21.5 Å². The molecular formula is C11H15N5O2S. The standard InChI is InChI=1S/C11H15N5O2S/c1-6-4-7-9(14-2-3-18-5-8(12)17)15-11(13)16-10(7)19-6/h4H,2-3,5H2,1H3,(H2,12,17)(H3,13,14,15,16). The molecule has 0 radical (unpaired) electrons. The van der Waals surface area contributed by atoms with Gasteiger partial charge >= 0.3 is 0 Å². The minimum Gasteiger partial charge on any atom is -0.370 e. The third-order valence-corrected chi connectivity index (χ3v) is 3.26. The van der Waals surface area contributed by atoms with Gasteiger partial charge in [-0.25, -0.2) is 4.98 Å². The zero-order valence-corrected chi connectivity index (χ0v) is 11.3. The Labute approximate surface area is 114 Å². The summed E-state index contributed by atoms with van der Waals surface area (Å²) < 4.78 is 5.06. The van der Waals surface area contributed by atoms with Crippen LogP contribution in [-0.4, -0.2) is 35.6 Å². The molecule has 1 amide bonds. The Morgan fingerprint density at radius 2 is 2.32 bits per heavy atom. The summed E-state index contributed by atoms with van der Waals surface area (Å²) in [6.45, 7) is 2.79. The molecule has 0 aliphatic heterocycles. The van der Waals surface area contributed by atoms with Crippen molar-refractivity contribution < 1.29 is 9.53 Å². The van der Waals surface area contributed by atoms with Crippen molar-refractivity contribution in [3.05, 3.63) is 10.9 Å². The minimum absolute atomic E-state index is 0.0828. The minimum atomic E-state index is -0.484. The number of aromatic nitrogens is 2. The Kier molecular flexibility index (Phi) is 4.13. The number of rotatable bonds is 6. The number of carbonyl (C=O) groups excluding carboxylic acids is 1. The second kappa shape index (κ2) is 5.81. The van der Waals surface area contributed by atoms with E-state index in [4.69, 9.17) is 16.2 Å². The van der Waals surface area contributed by atoms with Crippen LogP contribution in [0.5, 0.6) is 0 Å². The first-order chi connectivity index (χ1) is 9.06. The van der Waals surface area contributed by atoms with Crippen molar-refractivity contribution in [1.29, 1.82) is 0 Å². The summed E-state index contributed by atoms with van der Waals surface area (Å²) in [7, 11) is 0. The highest BCUT2D eigenvalue weighted by Crippen LogP contribution is 2.28. The fourth-order valence-electron chi connectivity index (χ4n) is 1.61. The van der Waals surface area contributed by atoms with Gasteiger partial charge in [-0.05, 0) is 13.0 Å². The quantitative estimate of drug-likeness (QED) is 0.664. The van der Waals surface area contributed by atoms with E-state index in [9.17, 15) is 4.79 Å². The largest absolute Gasteiger partial charge is 0.370 e. The van der Waals surface area contributed by atoms with Gasteiger partial charge in [-0.2, -0.15) is 4.98 Å². The smallest absolute Gasteiger partial charge is 0.243 e. The molecule has 2 rings (SSSR count). The van der Waals surface area contributed by atoms with E-state index < -0.39 is 5.91 Å². The molecule has 7 nitrogen and oxygen atoms in total.